The highest BCUT2D eigenvalue weighted by Gasteiger charge is 2.17. The zero-order valence-electron chi connectivity index (χ0n) is 17.7. The van der Waals surface area contributed by atoms with Crippen molar-refractivity contribution in [3.63, 3.8) is 0 Å². The molecule has 2 aromatic carbocycles. The molecule has 0 unspecified atom stereocenters. The van der Waals surface area contributed by atoms with E-state index in [1.165, 1.54) is 29.5 Å². The number of benzene rings is 2. The molecule has 32 heavy (non-hydrogen) atoms. The summed E-state index contributed by atoms with van der Waals surface area (Å²) in [6, 6.07) is 13.2. The van der Waals surface area contributed by atoms with Crippen molar-refractivity contribution in [2.24, 2.45) is 4.99 Å². The molecule has 1 aliphatic heterocycles. The van der Waals surface area contributed by atoms with Gasteiger partial charge in [0.05, 0.1) is 18.2 Å². The molecule has 0 saturated carbocycles. The Kier molecular flexibility index (Phi) is 6.92. The molecule has 0 spiro atoms. The van der Waals surface area contributed by atoms with E-state index in [0.717, 1.165) is 30.7 Å². The van der Waals surface area contributed by atoms with Gasteiger partial charge in [-0.1, -0.05) is 24.3 Å². The van der Waals surface area contributed by atoms with Crippen LogP contribution in [0.3, 0.4) is 0 Å². The molecule has 2 amide bonds. The summed E-state index contributed by atoms with van der Waals surface area (Å²) in [5.41, 5.74) is 2.32. The number of halogens is 1. The number of amides is 2. The SMILES string of the molecule is Cc1csc(=NC(=O)c2ccccc2F)n1Cc1cccc(C(=O)NC[C@@H]2CCCO2)c1. The summed E-state index contributed by atoms with van der Waals surface area (Å²) in [6.45, 7) is 3.61. The van der Waals surface area contributed by atoms with Crippen molar-refractivity contribution in [3.8, 4) is 0 Å². The maximum absolute atomic E-state index is 13.9. The topological polar surface area (TPSA) is 72.7 Å². The van der Waals surface area contributed by atoms with Gasteiger partial charge in [0.1, 0.15) is 5.82 Å². The average molecular weight is 454 g/mol. The van der Waals surface area contributed by atoms with Gasteiger partial charge in [-0.15, -0.1) is 11.3 Å². The van der Waals surface area contributed by atoms with E-state index in [1.807, 2.05) is 35.1 Å². The molecular weight excluding hydrogens is 429 g/mol. The molecule has 1 fully saturated rings. The minimum atomic E-state index is -0.624. The number of hydrogen-bond donors (Lipinski definition) is 1. The maximum Gasteiger partial charge on any atom is 0.282 e. The van der Waals surface area contributed by atoms with Crippen LogP contribution in [0.1, 0.15) is 44.8 Å². The molecule has 8 heteroatoms. The number of nitrogens with zero attached hydrogens (tertiary/aromatic N) is 2. The largest absolute Gasteiger partial charge is 0.376 e. The maximum atomic E-state index is 13.9. The summed E-state index contributed by atoms with van der Waals surface area (Å²) in [7, 11) is 0. The van der Waals surface area contributed by atoms with Crippen LogP contribution in [0.15, 0.2) is 58.9 Å². The number of rotatable bonds is 6. The molecule has 1 atom stereocenters. The third-order valence-electron chi connectivity index (χ3n) is 5.34. The number of ether oxygens (including phenoxy) is 1. The number of aromatic nitrogens is 1. The zero-order valence-corrected chi connectivity index (χ0v) is 18.5. The van der Waals surface area contributed by atoms with Crippen molar-refractivity contribution in [2.75, 3.05) is 13.2 Å². The predicted molar refractivity (Wildman–Crippen MR) is 120 cm³/mol. The predicted octanol–water partition coefficient (Wildman–Crippen LogP) is 3.70. The second-order valence-corrected chi connectivity index (χ2v) is 8.52. The van der Waals surface area contributed by atoms with Gasteiger partial charge in [0.15, 0.2) is 4.80 Å². The van der Waals surface area contributed by atoms with Gasteiger partial charge in [-0.25, -0.2) is 4.39 Å². The van der Waals surface area contributed by atoms with Gasteiger partial charge in [0.25, 0.3) is 11.8 Å². The van der Waals surface area contributed by atoms with E-state index in [-0.39, 0.29) is 17.6 Å². The number of thiazole rings is 1. The molecule has 0 bridgehead atoms. The Bertz CT molecular complexity index is 1190. The molecule has 1 aliphatic rings. The van der Waals surface area contributed by atoms with E-state index in [0.29, 0.717) is 23.5 Å². The van der Waals surface area contributed by atoms with Crippen molar-refractivity contribution in [2.45, 2.75) is 32.4 Å². The molecule has 0 radical (unpaired) electrons. The normalized spacial score (nSPS) is 16.3. The van der Waals surface area contributed by atoms with Crippen molar-refractivity contribution >= 4 is 23.2 Å². The van der Waals surface area contributed by atoms with Gasteiger partial charge in [0, 0.05) is 29.8 Å². The Morgan fingerprint density at radius 3 is 2.88 bits per heavy atom. The average Bonchev–Trinajstić information content (AvgIpc) is 3.43. The highest BCUT2D eigenvalue weighted by atomic mass is 32.1. The molecule has 166 valence electrons. The van der Waals surface area contributed by atoms with Crippen molar-refractivity contribution in [1.29, 1.82) is 0 Å². The van der Waals surface area contributed by atoms with Crippen LogP contribution in [-0.2, 0) is 11.3 Å². The van der Waals surface area contributed by atoms with Gasteiger partial charge in [-0.05, 0) is 49.6 Å². The van der Waals surface area contributed by atoms with E-state index in [9.17, 15) is 14.0 Å². The van der Waals surface area contributed by atoms with E-state index >= 15 is 0 Å². The fourth-order valence-electron chi connectivity index (χ4n) is 3.58. The molecule has 2 heterocycles. The van der Waals surface area contributed by atoms with Crippen LogP contribution >= 0.6 is 11.3 Å². The van der Waals surface area contributed by atoms with Crippen LogP contribution in [0.25, 0.3) is 0 Å². The summed E-state index contributed by atoms with van der Waals surface area (Å²) < 4.78 is 21.4. The van der Waals surface area contributed by atoms with Crippen molar-refractivity contribution in [1.82, 2.24) is 9.88 Å². The molecule has 1 aromatic heterocycles. The summed E-state index contributed by atoms with van der Waals surface area (Å²) in [6.07, 6.45) is 2.08. The number of hydrogen-bond acceptors (Lipinski definition) is 4. The standard InChI is InChI=1S/C24H24FN3O3S/c1-16-15-32-24(27-23(30)20-9-2-3-10-21(20)25)28(16)14-17-6-4-7-18(12-17)22(29)26-13-19-8-5-11-31-19/h2-4,6-7,9-10,12,15,19H,5,8,11,13-14H2,1H3,(H,26,29)/t19-/m0/s1. The lowest BCUT2D eigenvalue weighted by atomic mass is 10.1. The first-order valence-electron chi connectivity index (χ1n) is 10.5. The molecule has 1 saturated heterocycles. The third-order valence-corrected chi connectivity index (χ3v) is 6.32. The summed E-state index contributed by atoms with van der Waals surface area (Å²) in [5.74, 6) is -1.36. The lowest BCUT2D eigenvalue weighted by Gasteiger charge is -2.12. The number of carbonyl (C=O) groups excluding carboxylic acids is 2. The highest BCUT2D eigenvalue weighted by molar-refractivity contribution is 7.07. The van der Waals surface area contributed by atoms with Crippen LogP contribution in [0, 0.1) is 12.7 Å². The van der Waals surface area contributed by atoms with E-state index in [4.69, 9.17) is 4.74 Å². The first-order chi connectivity index (χ1) is 15.5. The monoisotopic (exact) mass is 453 g/mol. The van der Waals surface area contributed by atoms with Gasteiger partial charge in [-0.2, -0.15) is 4.99 Å². The quantitative estimate of drug-likeness (QED) is 0.619. The van der Waals surface area contributed by atoms with Gasteiger partial charge >= 0.3 is 0 Å². The number of aryl methyl sites for hydroxylation is 1. The van der Waals surface area contributed by atoms with Gasteiger partial charge in [0.2, 0.25) is 0 Å². The molecule has 3 aromatic rings. The highest BCUT2D eigenvalue weighted by Crippen LogP contribution is 2.13. The Morgan fingerprint density at radius 2 is 2.09 bits per heavy atom. The lowest BCUT2D eigenvalue weighted by molar-refractivity contribution is 0.0857. The molecule has 6 nitrogen and oxygen atoms in total. The Morgan fingerprint density at radius 1 is 1.25 bits per heavy atom. The van der Waals surface area contributed by atoms with Crippen molar-refractivity contribution in [3.05, 3.63) is 86.9 Å². The van der Waals surface area contributed by atoms with Crippen LogP contribution in [0.5, 0.6) is 0 Å². The minimum absolute atomic E-state index is 0.0602. The van der Waals surface area contributed by atoms with Gasteiger partial charge in [-0.3, -0.25) is 9.59 Å². The minimum Gasteiger partial charge on any atom is -0.376 e. The summed E-state index contributed by atoms with van der Waals surface area (Å²) in [5, 5.41) is 4.83. The first kappa shape index (κ1) is 22.1. The van der Waals surface area contributed by atoms with Crippen LogP contribution in [0.4, 0.5) is 4.39 Å². The Labute approximate surface area is 189 Å². The Balaban J connectivity index is 1.52. The molecule has 4 rings (SSSR count). The van der Waals surface area contributed by atoms with Gasteiger partial charge < -0.3 is 14.6 Å². The zero-order chi connectivity index (χ0) is 22.5. The van der Waals surface area contributed by atoms with Crippen LogP contribution in [0.2, 0.25) is 0 Å². The molecule has 1 N–H and O–H groups in total. The summed E-state index contributed by atoms with van der Waals surface area (Å²) >= 11 is 1.32. The van der Waals surface area contributed by atoms with Crippen molar-refractivity contribution < 1.29 is 18.7 Å². The van der Waals surface area contributed by atoms with E-state index in [1.54, 1.807) is 12.1 Å². The fourth-order valence-corrected chi connectivity index (χ4v) is 4.46. The smallest absolute Gasteiger partial charge is 0.282 e. The molecule has 0 aliphatic carbocycles. The van der Waals surface area contributed by atoms with E-state index in [2.05, 4.69) is 10.3 Å². The second-order valence-electron chi connectivity index (χ2n) is 7.69. The number of nitrogens with one attached hydrogen (secondary N) is 1. The third kappa shape index (κ3) is 5.20. The van der Waals surface area contributed by atoms with Crippen LogP contribution in [-0.4, -0.2) is 35.6 Å². The Hall–Kier alpha value is -3.10. The molecular formula is C24H24FN3O3S. The number of carbonyl (C=O) groups is 2. The first-order valence-corrected chi connectivity index (χ1v) is 11.4. The lowest BCUT2D eigenvalue weighted by Crippen LogP contribution is -2.31. The second kappa shape index (κ2) is 10.0. The van der Waals surface area contributed by atoms with E-state index < -0.39 is 11.7 Å². The summed E-state index contributed by atoms with van der Waals surface area (Å²) in [4.78, 5) is 29.7. The fraction of sp³-hybridized carbons (Fsp3) is 0.292. The van der Waals surface area contributed by atoms with Crippen LogP contribution < -0.4 is 10.1 Å².